The van der Waals surface area contributed by atoms with Crippen LogP contribution >= 0.6 is 23.6 Å². The largest absolute Gasteiger partial charge is 0.439 e. The van der Waals surface area contributed by atoms with E-state index in [0.29, 0.717) is 47.5 Å². The summed E-state index contributed by atoms with van der Waals surface area (Å²) in [5, 5.41) is 5.07. The molecule has 5 nitrogen and oxygen atoms in total. The predicted molar refractivity (Wildman–Crippen MR) is 118 cm³/mol. The standard InChI is InChI=1S/C21H18N2O3S2/c1-2-4-18(27)22-15-6-3-5-14(11-15)16-13-28-21-17(24)12-19(26-20(16)21)23-7-9-25-10-8-23/h3,5-6,11-13H,7-10H2,1H3,(H,22,27). The number of hydrogen-bond donors (Lipinski definition) is 1. The van der Waals surface area contributed by atoms with Gasteiger partial charge in [-0.1, -0.05) is 30.3 Å². The summed E-state index contributed by atoms with van der Waals surface area (Å²) in [5.74, 6) is 6.20. The molecule has 0 atom stereocenters. The molecule has 7 heteroatoms. The van der Waals surface area contributed by atoms with Gasteiger partial charge in [-0.15, -0.1) is 11.3 Å². The fourth-order valence-electron chi connectivity index (χ4n) is 3.11. The van der Waals surface area contributed by atoms with Crippen LogP contribution < -0.4 is 15.6 Å². The topological polar surface area (TPSA) is 54.7 Å². The van der Waals surface area contributed by atoms with Crippen molar-refractivity contribution in [2.24, 2.45) is 0 Å². The SMILES string of the molecule is CC#CC(=S)Nc1cccc(-c2csc3c(=O)cc(N4CCOCC4)oc23)c1. The molecule has 3 aromatic rings. The molecule has 0 unspecified atom stereocenters. The molecular weight excluding hydrogens is 392 g/mol. The van der Waals surface area contributed by atoms with E-state index in [2.05, 4.69) is 17.2 Å². The third kappa shape index (κ3) is 3.80. The molecular formula is C21H18N2O3S2. The molecule has 1 saturated heterocycles. The molecule has 0 saturated carbocycles. The maximum Gasteiger partial charge on any atom is 0.204 e. The first-order chi connectivity index (χ1) is 13.7. The van der Waals surface area contributed by atoms with Crippen molar-refractivity contribution in [2.75, 3.05) is 36.5 Å². The van der Waals surface area contributed by atoms with Crippen LogP contribution in [-0.2, 0) is 4.74 Å². The summed E-state index contributed by atoms with van der Waals surface area (Å²) >= 11 is 6.60. The van der Waals surface area contributed by atoms with Gasteiger partial charge in [0.2, 0.25) is 5.43 Å². The summed E-state index contributed by atoms with van der Waals surface area (Å²) in [6, 6.07) is 9.41. The Morgan fingerprint density at radius 1 is 1.29 bits per heavy atom. The number of thiophene rings is 1. The third-order valence-electron chi connectivity index (χ3n) is 4.42. The van der Waals surface area contributed by atoms with Crippen LogP contribution in [0.2, 0.25) is 0 Å². The van der Waals surface area contributed by atoms with Crippen LogP contribution in [0.1, 0.15) is 6.92 Å². The molecule has 0 radical (unpaired) electrons. The maximum atomic E-state index is 12.6. The second-order valence-electron chi connectivity index (χ2n) is 6.27. The highest BCUT2D eigenvalue weighted by atomic mass is 32.1. The van der Waals surface area contributed by atoms with Gasteiger partial charge >= 0.3 is 0 Å². The highest BCUT2D eigenvalue weighted by Gasteiger charge is 2.18. The molecule has 1 aliphatic heterocycles. The summed E-state index contributed by atoms with van der Waals surface area (Å²) in [5.41, 5.74) is 3.28. The van der Waals surface area contributed by atoms with Crippen molar-refractivity contribution in [3.8, 4) is 23.0 Å². The summed E-state index contributed by atoms with van der Waals surface area (Å²) in [6.45, 7) is 4.43. The van der Waals surface area contributed by atoms with E-state index in [1.807, 2.05) is 34.5 Å². The van der Waals surface area contributed by atoms with Crippen LogP contribution in [-0.4, -0.2) is 31.3 Å². The Kier molecular flexibility index (Phi) is 5.44. The van der Waals surface area contributed by atoms with Gasteiger partial charge in [-0.3, -0.25) is 4.79 Å². The fourth-order valence-corrected chi connectivity index (χ4v) is 4.24. The number of benzene rings is 1. The Balaban J connectivity index is 1.74. The van der Waals surface area contributed by atoms with Crippen LogP contribution in [0.5, 0.6) is 0 Å². The molecule has 2 aromatic heterocycles. The van der Waals surface area contributed by atoms with Gasteiger partial charge in [-0.25, -0.2) is 0 Å². The molecule has 0 aliphatic carbocycles. The summed E-state index contributed by atoms with van der Waals surface area (Å²) in [6.07, 6.45) is 0. The Hall–Kier alpha value is -2.66. The quantitative estimate of drug-likeness (QED) is 0.518. The molecule has 0 spiro atoms. The number of nitrogens with one attached hydrogen (secondary N) is 1. The van der Waals surface area contributed by atoms with Gasteiger partial charge in [0, 0.05) is 35.8 Å². The number of thiocarbonyl (C=S) groups is 1. The molecule has 1 N–H and O–H groups in total. The van der Waals surface area contributed by atoms with Crippen LogP contribution in [0.4, 0.5) is 11.6 Å². The summed E-state index contributed by atoms with van der Waals surface area (Å²) in [7, 11) is 0. The lowest BCUT2D eigenvalue weighted by molar-refractivity contribution is 0.121. The molecule has 3 heterocycles. The number of rotatable bonds is 3. The lowest BCUT2D eigenvalue weighted by Gasteiger charge is -2.27. The van der Waals surface area contributed by atoms with E-state index in [9.17, 15) is 4.79 Å². The first kappa shape index (κ1) is 18.7. The van der Waals surface area contributed by atoms with Crippen LogP contribution in [0.25, 0.3) is 21.4 Å². The lowest BCUT2D eigenvalue weighted by Crippen LogP contribution is -2.36. The monoisotopic (exact) mass is 410 g/mol. The Morgan fingerprint density at radius 3 is 2.89 bits per heavy atom. The first-order valence-electron chi connectivity index (χ1n) is 8.88. The number of ether oxygens (including phenoxy) is 1. The predicted octanol–water partition coefficient (Wildman–Crippen LogP) is 4.12. The Bertz CT molecular complexity index is 1150. The average Bonchev–Trinajstić information content (AvgIpc) is 3.14. The van der Waals surface area contributed by atoms with Gasteiger partial charge in [-0.2, -0.15) is 0 Å². The molecule has 4 rings (SSSR count). The summed E-state index contributed by atoms with van der Waals surface area (Å²) in [4.78, 5) is 15.1. The number of hydrogen-bond acceptors (Lipinski definition) is 6. The molecule has 0 amide bonds. The third-order valence-corrected chi connectivity index (χ3v) is 5.60. The first-order valence-corrected chi connectivity index (χ1v) is 10.2. The van der Waals surface area contributed by atoms with E-state index in [-0.39, 0.29) is 5.43 Å². The van der Waals surface area contributed by atoms with Crippen LogP contribution in [0, 0.1) is 11.8 Å². The van der Waals surface area contributed by atoms with E-state index in [1.54, 1.807) is 13.0 Å². The lowest BCUT2D eigenvalue weighted by atomic mass is 10.1. The van der Waals surface area contributed by atoms with Crippen molar-refractivity contribution in [1.82, 2.24) is 0 Å². The Morgan fingerprint density at radius 2 is 2.11 bits per heavy atom. The molecule has 1 aromatic carbocycles. The smallest absolute Gasteiger partial charge is 0.204 e. The van der Waals surface area contributed by atoms with Crippen molar-refractivity contribution < 1.29 is 9.15 Å². The van der Waals surface area contributed by atoms with E-state index < -0.39 is 0 Å². The van der Waals surface area contributed by atoms with Gasteiger partial charge in [0.1, 0.15) is 4.70 Å². The number of morpholine rings is 1. The van der Waals surface area contributed by atoms with E-state index in [1.165, 1.54) is 11.3 Å². The van der Waals surface area contributed by atoms with Gasteiger partial charge in [0.25, 0.3) is 0 Å². The van der Waals surface area contributed by atoms with E-state index >= 15 is 0 Å². The molecule has 0 bridgehead atoms. The highest BCUT2D eigenvalue weighted by Crippen LogP contribution is 2.35. The summed E-state index contributed by atoms with van der Waals surface area (Å²) < 4.78 is 12.2. The Labute approximate surface area is 171 Å². The second-order valence-corrected chi connectivity index (χ2v) is 7.55. The minimum Gasteiger partial charge on any atom is -0.439 e. The zero-order chi connectivity index (χ0) is 19.5. The van der Waals surface area contributed by atoms with Crippen molar-refractivity contribution in [3.63, 3.8) is 0 Å². The normalized spacial score (nSPS) is 13.8. The zero-order valence-electron chi connectivity index (χ0n) is 15.3. The van der Waals surface area contributed by atoms with Crippen LogP contribution in [0.15, 0.2) is 44.9 Å². The number of anilines is 2. The molecule has 28 heavy (non-hydrogen) atoms. The average molecular weight is 411 g/mol. The zero-order valence-corrected chi connectivity index (χ0v) is 16.9. The van der Waals surface area contributed by atoms with Gasteiger partial charge in [0.15, 0.2) is 16.5 Å². The number of fused-ring (bicyclic) bond motifs is 1. The van der Waals surface area contributed by atoms with Gasteiger partial charge < -0.3 is 19.4 Å². The van der Waals surface area contributed by atoms with Crippen molar-refractivity contribution in [2.45, 2.75) is 6.92 Å². The fraction of sp³-hybridized carbons (Fsp3) is 0.238. The van der Waals surface area contributed by atoms with Crippen molar-refractivity contribution in [3.05, 3.63) is 45.9 Å². The van der Waals surface area contributed by atoms with Crippen molar-refractivity contribution in [1.29, 1.82) is 0 Å². The highest BCUT2D eigenvalue weighted by molar-refractivity contribution is 7.81. The van der Waals surface area contributed by atoms with Gasteiger partial charge in [-0.05, 0) is 30.5 Å². The molecule has 1 aliphatic rings. The maximum absolute atomic E-state index is 12.6. The minimum absolute atomic E-state index is 0.0207. The molecule has 1 fully saturated rings. The van der Waals surface area contributed by atoms with E-state index in [4.69, 9.17) is 21.4 Å². The van der Waals surface area contributed by atoms with Crippen molar-refractivity contribution >= 4 is 50.4 Å². The van der Waals surface area contributed by atoms with E-state index in [0.717, 1.165) is 16.8 Å². The molecule has 142 valence electrons. The van der Waals surface area contributed by atoms with Crippen LogP contribution in [0.3, 0.4) is 0 Å². The number of nitrogens with zero attached hydrogens (tertiary/aromatic N) is 1. The minimum atomic E-state index is -0.0207. The van der Waals surface area contributed by atoms with Gasteiger partial charge in [0.05, 0.1) is 13.2 Å². The second kappa shape index (κ2) is 8.15.